The van der Waals surface area contributed by atoms with Crippen molar-refractivity contribution in [2.45, 2.75) is 18.6 Å². The molecule has 0 radical (unpaired) electrons. The van der Waals surface area contributed by atoms with Crippen molar-refractivity contribution in [1.82, 2.24) is 10.2 Å². The third-order valence-corrected chi connectivity index (χ3v) is 4.44. The van der Waals surface area contributed by atoms with Crippen molar-refractivity contribution in [3.63, 3.8) is 0 Å². The van der Waals surface area contributed by atoms with E-state index in [4.69, 9.17) is 19.6 Å². The molecule has 0 amide bonds. The number of anilines is 1. The lowest BCUT2D eigenvalue weighted by atomic mass is 9.92. The Balaban J connectivity index is 1.75. The molecule has 0 aliphatic carbocycles. The molecule has 2 N–H and O–H groups in total. The topological polar surface area (TPSA) is 83.4 Å². The van der Waals surface area contributed by atoms with Crippen LogP contribution in [0.25, 0.3) is 0 Å². The predicted octanol–water partition coefficient (Wildman–Crippen LogP) is 3.05. The summed E-state index contributed by atoms with van der Waals surface area (Å²) in [5.74, 6) is -0.485. The van der Waals surface area contributed by atoms with Crippen molar-refractivity contribution < 1.29 is 13.9 Å². The molecule has 1 fully saturated rings. The number of benzene rings is 2. The Morgan fingerprint density at radius 3 is 2.36 bits per heavy atom. The van der Waals surface area contributed by atoms with Gasteiger partial charge in [0.2, 0.25) is 11.7 Å². The number of hydrogen-bond acceptors (Lipinski definition) is 6. The molecule has 1 atom stereocenters. The first-order valence-corrected chi connectivity index (χ1v) is 8.22. The van der Waals surface area contributed by atoms with Crippen molar-refractivity contribution >= 4 is 6.01 Å². The number of nitrogens with two attached hydrogens (primary N) is 1. The summed E-state index contributed by atoms with van der Waals surface area (Å²) in [5, 5.41) is 7.73. The van der Waals surface area contributed by atoms with Crippen LogP contribution in [0.5, 0.6) is 0 Å². The van der Waals surface area contributed by atoms with Gasteiger partial charge in [0.15, 0.2) is 0 Å². The second-order valence-corrected chi connectivity index (χ2v) is 6.01. The summed E-state index contributed by atoms with van der Waals surface area (Å²) >= 11 is 0. The summed E-state index contributed by atoms with van der Waals surface area (Å²) in [7, 11) is 0. The summed E-state index contributed by atoms with van der Waals surface area (Å²) in [6.45, 7) is 3.10. The van der Waals surface area contributed by atoms with E-state index in [9.17, 15) is 0 Å². The molecule has 1 saturated heterocycles. The van der Waals surface area contributed by atoms with Gasteiger partial charge in [0.25, 0.3) is 0 Å². The fraction of sp³-hybridized carbons (Fsp3) is 0.263. The van der Waals surface area contributed by atoms with Crippen LogP contribution in [-0.4, -0.2) is 23.4 Å². The minimum atomic E-state index is -0.884. The zero-order valence-electron chi connectivity index (χ0n) is 13.9. The Labute approximate surface area is 145 Å². The van der Waals surface area contributed by atoms with Gasteiger partial charge in [0.05, 0.1) is 19.1 Å². The summed E-state index contributed by atoms with van der Waals surface area (Å²) in [6, 6.07) is 18.1. The van der Waals surface area contributed by atoms with Gasteiger partial charge in [-0.1, -0.05) is 53.6 Å². The molecular weight excluding hydrogens is 318 g/mol. The minimum Gasteiger partial charge on any atom is -0.408 e. The highest BCUT2D eigenvalue weighted by atomic mass is 16.7. The van der Waals surface area contributed by atoms with E-state index in [2.05, 4.69) is 16.3 Å². The molecule has 1 unspecified atom stereocenters. The maximum atomic E-state index is 6.06. The average Bonchev–Trinajstić information content (AvgIpc) is 3.32. The van der Waals surface area contributed by atoms with Gasteiger partial charge in [0.1, 0.15) is 0 Å². The van der Waals surface area contributed by atoms with Gasteiger partial charge < -0.3 is 19.6 Å². The standard InChI is InChI=1S/C19H19N3O3/c1-13(17-21-22-18(20)25-17)14-6-5-9-16(12-14)19(23-10-11-24-19)15-7-3-2-4-8-15/h2-9,12-13H,10-11H2,1H3,(H2,20,22). The summed E-state index contributed by atoms with van der Waals surface area (Å²) in [4.78, 5) is 0. The SMILES string of the molecule is CC(c1cccc(C2(c3ccccc3)OCCO2)c1)c1nnc(N)o1. The molecule has 1 aliphatic heterocycles. The zero-order valence-corrected chi connectivity index (χ0v) is 13.9. The smallest absolute Gasteiger partial charge is 0.312 e. The molecule has 0 spiro atoms. The Morgan fingerprint density at radius 2 is 1.68 bits per heavy atom. The van der Waals surface area contributed by atoms with E-state index in [1.807, 2.05) is 55.5 Å². The molecule has 2 heterocycles. The molecule has 3 aromatic rings. The van der Waals surface area contributed by atoms with Crippen LogP contribution in [0.1, 0.15) is 35.4 Å². The number of hydrogen-bond donors (Lipinski definition) is 1. The molecule has 128 valence electrons. The molecule has 1 aromatic heterocycles. The Hall–Kier alpha value is -2.70. The van der Waals surface area contributed by atoms with Crippen LogP contribution in [0, 0.1) is 0 Å². The molecule has 1 aliphatic rings. The number of nitrogen functional groups attached to an aromatic ring is 1. The number of aromatic nitrogens is 2. The van der Waals surface area contributed by atoms with Crippen LogP contribution in [0.2, 0.25) is 0 Å². The quantitative estimate of drug-likeness (QED) is 0.788. The Morgan fingerprint density at radius 1 is 0.960 bits per heavy atom. The lowest BCUT2D eigenvalue weighted by Gasteiger charge is -2.29. The number of ether oxygens (including phenoxy) is 2. The lowest BCUT2D eigenvalue weighted by molar-refractivity contribution is -0.129. The van der Waals surface area contributed by atoms with Gasteiger partial charge in [-0.05, 0) is 18.6 Å². The molecule has 25 heavy (non-hydrogen) atoms. The van der Waals surface area contributed by atoms with Gasteiger partial charge in [0, 0.05) is 11.1 Å². The first kappa shape index (κ1) is 15.8. The molecule has 0 bridgehead atoms. The normalized spacial score (nSPS) is 17.5. The first-order chi connectivity index (χ1) is 12.2. The van der Waals surface area contributed by atoms with Crippen LogP contribution in [-0.2, 0) is 15.3 Å². The second kappa shape index (κ2) is 6.31. The molecular formula is C19H19N3O3. The van der Waals surface area contributed by atoms with Gasteiger partial charge in [-0.15, -0.1) is 5.10 Å². The Bertz CT molecular complexity index is 857. The summed E-state index contributed by atoms with van der Waals surface area (Å²) < 4.78 is 17.5. The highest BCUT2D eigenvalue weighted by Gasteiger charge is 2.40. The van der Waals surface area contributed by atoms with E-state index < -0.39 is 5.79 Å². The van der Waals surface area contributed by atoms with Crippen LogP contribution in [0.4, 0.5) is 6.01 Å². The van der Waals surface area contributed by atoms with E-state index in [-0.39, 0.29) is 11.9 Å². The molecule has 4 rings (SSSR count). The predicted molar refractivity (Wildman–Crippen MR) is 91.8 cm³/mol. The molecule has 2 aromatic carbocycles. The van der Waals surface area contributed by atoms with E-state index in [1.54, 1.807) is 0 Å². The first-order valence-electron chi connectivity index (χ1n) is 8.22. The summed E-state index contributed by atoms with van der Waals surface area (Å²) in [5.41, 5.74) is 8.47. The van der Waals surface area contributed by atoms with Crippen LogP contribution < -0.4 is 5.73 Å². The largest absolute Gasteiger partial charge is 0.408 e. The summed E-state index contributed by atoms with van der Waals surface area (Å²) in [6.07, 6.45) is 0. The van der Waals surface area contributed by atoms with E-state index in [0.717, 1.165) is 16.7 Å². The van der Waals surface area contributed by atoms with E-state index in [1.165, 1.54) is 0 Å². The van der Waals surface area contributed by atoms with Gasteiger partial charge in [-0.25, -0.2) is 0 Å². The Kier molecular flexibility index (Phi) is 3.99. The van der Waals surface area contributed by atoms with Crippen molar-refractivity contribution in [3.05, 3.63) is 77.2 Å². The maximum absolute atomic E-state index is 6.06. The molecule has 6 heteroatoms. The third-order valence-electron chi connectivity index (χ3n) is 4.44. The fourth-order valence-electron chi connectivity index (χ4n) is 3.15. The van der Waals surface area contributed by atoms with E-state index >= 15 is 0 Å². The van der Waals surface area contributed by atoms with Crippen LogP contribution >= 0.6 is 0 Å². The van der Waals surface area contributed by atoms with Gasteiger partial charge in [-0.3, -0.25) is 0 Å². The molecule has 6 nitrogen and oxygen atoms in total. The highest BCUT2D eigenvalue weighted by Crippen LogP contribution is 2.39. The molecule has 0 saturated carbocycles. The lowest BCUT2D eigenvalue weighted by Crippen LogP contribution is -2.28. The van der Waals surface area contributed by atoms with Crippen LogP contribution in [0.15, 0.2) is 59.0 Å². The zero-order chi connectivity index (χ0) is 17.3. The fourth-order valence-corrected chi connectivity index (χ4v) is 3.15. The third kappa shape index (κ3) is 2.79. The second-order valence-electron chi connectivity index (χ2n) is 6.01. The van der Waals surface area contributed by atoms with Crippen molar-refractivity contribution in [2.75, 3.05) is 18.9 Å². The highest BCUT2D eigenvalue weighted by molar-refractivity contribution is 5.38. The van der Waals surface area contributed by atoms with Gasteiger partial charge >= 0.3 is 6.01 Å². The number of rotatable bonds is 4. The van der Waals surface area contributed by atoms with Crippen molar-refractivity contribution in [3.8, 4) is 0 Å². The van der Waals surface area contributed by atoms with Gasteiger partial charge in [-0.2, -0.15) is 0 Å². The van der Waals surface area contributed by atoms with Crippen molar-refractivity contribution in [2.24, 2.45) is 0 Å². The number of nitrogens with zero attached hydrogens (tertiary/aromatic N) is 2. The van der Waals surface area contributed by atoms with Crippen molar-refractivity contribution in [1.29, 1.82) is 0 Å². The van der Waals surface area contributed by atoms with E-state index in [0.29, 0.717) is 19.1 Å². The monoisotopic (exact) mass is 337 g/mol. The minimum absolute atomic E-state index is 0.0706. The maximum Gasteiger partial charge on any atom is 0.312 e. The van der Waals surface area contributed by atoms with Crippen LogP contribution in [0.3, 0.4) is 0 Å². The average molecular weight is 337 g/mol.